The highest BCUT2D eigenvalue weighted by Crippen LogP contribution is 2.34. The first-order chi connectivity index (χ1) is 14.7. The molecule has 1 amide bonds. The monoisotopic (exact) mass is 467 g/mol. The van der Waals surface area contributed by atoms with Crippen LogP contribution in [0.3, 0.4) is 0 Å². The van der Waals surface area contributed by atoms with Crippen molar-refractivity contribution in [2.75, 3.05) is 24.8 Å². The van der Waals surface area contributed by atoms with Crippen molar-refractivity contribution >= 4 is 50.1 Å². The zero-order valence-corrected chi connectivity index (χ0v) is 18.0. The topological polar surface area (TPSA) is 107 Å². The van der Waals surface area contributed by atoms with Crippen LogP contribution in [0.4, 0.5) is 15.9 Å². The summed E-state index contributed by atoms with van der Waals surface area (Å²) >= 11 is 6.43. The number of carbonyl (C=O) groups excluding carboxylic acids is 1. The van der Waals surface area contributed by atoms with E-state index in [0.29, 0.717) is 30.8 Å². The maximum atomic E-state index is 13.8. The second-order valence-corrected chi connectivity index (χ2v) is 9.66. The van der Waals surface area contributed by atoms with Gasteiger partial charge in [-0.2, -0.15) is 5.10 Å². The third-order valence-corrected chi connectivity index (χ3v) is 5.44. The van der Waals surface area contributed by atoms with E-state index >= 15 is 0 Å². The standard InChI is InChI=1S/C19H19ClFN5O4S/c1-31(2,28)25-19(27)13-8-26-17(16(13)20)18(22-10-23-26)24-14-4-3-11(21)7-15(14)30-12-5-6-29-9-12/h3-4,7-8,10,12H,1,5-6,9H2,2H3,(H,22,23,24)(H,25,27,28). The molecule has 9 nitrogen and oxygen atoms in total. The molecule has 0 bridgehead atoms. The van der Waals surface area contributed by atoms with Crippen LogP contribution in [-0.4, -0.2) is 56.2 Å². The normalized spacial score (nSPS) is 18.0. The molecule has 1 fully saturated rings. The van der Waals surface area contributed by atoms with Crippen molar-refractivity contribution < 1.29 is 22.9 Å². The van der Waals surface area contributed by atoms with Crippen LogP contribution in [-0.2, 0) is 14.4 Å². The summed E-state index contributed by atoms with van der Waals surface area (Å²) in [6.07, 6.45) is 4.47. The fourth-order valence-corrected chi connectivity index (χ4v) is 3.90. The van der Waals surface area contributed by atoms with Crippen LogP contribution < -0.4 is 14.8 Å². The smallest absolute Gasteiger partial charge is 0.265 e. The number of nitrogens with zero attached hydrogens (tertiary/aromatic N) is 3. The third-order valence-electron chi connectivity index (χ3n) is 4.44. The molecule has 2 aromatic heterocycles. The fourth-order valence-electron chi connectivity index (χ4n) is 3.09. The summed E-state index contributed by atoms with van der Waals surface area (Å²) in [7, 11) is -2.79. The van der Waals surface area contributed by atoms with Gasteiger partial charge in [0.25, 0.3) is 5.91 Å². The van der Waals surface area contributed by atoms with E-state index in [-0.39, 0.29) is 28.3 Å². The summed E-state index contributed by atoms with van der Waals surface area (Å²) in [5, 5.41) is 7.19. The molecule has 0 aliphatic carbocycles. The Morgan fingerprint density at radius 1 is 1.48 bits per heavy atom. The molecule has 3 aromatic rings. The van der Waals surface area contributed by atoms with Gasteiger partial charge in [-0.25, -0.2) is 18.1 Å². The Labute approximate surface area is 182 Å². The Bertz CT molecular complexity index is 1260. The molecule has 1 aliphatic heterocycles. The van der Waals surface area contributed by atoms with Gasteiger partial charge in [0.15, 0.2) is 5.82 Å². The van der Waals surface area contributed by atoms with E-state index < -0.39 is 21.4 Å². The number of hydrogen-bond donors (Lipinski definition) is 2. The Morgan fingerprint density at radius 3 is 3.00 bits per heavy atom. The number of carbonyl (C=O) groups is 1. The predicted octanol–water partition coefficient (Wildman–Crippen LogP) is 2.42. The number of halogens is 2. The molecular weight excluding hydrogens is 449 g/mol. The number of rotatable bonds is 6. The van der Waals surface area contributed by atoms with E-state index in [0.717, 1.165) is 0 Å². The van der Waals surface area contributed by atoms with Gasteiger partial charge >= 0.3 is 0 Å². The van der Waals surface area contributed by atoms with Gasteiger partial charge in [-0.15, -0.1) is 0 Å². The predicted molar refractivity (Wildman–Crippen MR) is 116 cm³/mol. The summed E-state index contributed by atoms with van der Waals surface area (Å²) in [6, 6.07) is 4.06. The van der Waals surface area contributed by atoms with Crippen molar-refractivity contribution in [1.82, 2.24) is 19.3 Å². The molecular formula is C19H19ClFN5O4S. The van der Waals surface area contributed by atoms with Crippen molar-refractivity contribution in [3.63, 3.8) is 0 Å². The highest BCUT2D eigenvalue weighted by Gasteiger charge is 2.22. The lowest BCUT2D eigenvalue weighted by Crippen LogP contribution is -2.29. The first-order valence-electron chi connectivity index (χ1n) is 9.18. The molecule has 12 heteroatoms. The number of amides is 1. The SMILES string of the molecule is C=S(C)(=O)NC(=O)c1cn2ncnc(Nc3ccc(F)cc3OC3CCOC3)c2c1Cl. The number of nitrogens with one attached hydrogen (secondary N) is 2. The van der Waals surface area contributed by atoms with Crippen molar-refractivity contribution in [1.29, 1.82) is 0 Å². The molecule has 1 saturated heterocycles. The minimum absolute atomic E-state index is 0.0537. The number of fused-ring (bicyclic) bond motifs is 1. The van der Waals surface area contributed by atoms with Gasteiger partial charge in [-0.05, 0) is 18.0 Å². The molecule has 164 valence electrons. The van der Waals surface area contributed by atoms with Crippen LogP contribution in [0.1, 0.15) is 16.8 Å². The fraction of sp³-hybridized carbons (Fsp3) is 0.263. The van der Waals surface area contributed by atoms with E-state index in [2.05, 4.69) is 26.0 Å². The number of hydrogen-bond acceptors (Lipinski definition) is 7. The lowest BCUT2D eigenvalue weighted by Gasteiger charge is -2.17. The summed E-state index contributed by atoms with van der Waals surface area (Å²) in [5.41, 5.74) is 0.814. The van der Waals surface area contributed by atoms with Gasteiger partial charge in [-0.1, -0.05) is 11.6 Å². The van der Waals surface area contributed by atoms with Crippen molar-refractivity contribution in [3.05, 3.63) is 47.1 Å². The molecule has 1 aromatic carbocycles. The average molecular weight is 468 g/mol. The van der Waals surface area contributed by atoms with Gasteiger partial charge in [0.1, 0.15) is 29.5 Å². The van der Waals surface area contributed by atoms with E-state index in [1.54, 1.807) is 0 Å². The van der Waals surface area contributed by atoms with Crippen molar-refractivity contribution in [2.45, 2.75) is 12.5 Å². The highest BCUT2D eigenvalue weighted by molar-refractivity contribution is 7.98. The molecule has 31 heavy (non-hydrogen) atoms. The maximum Gasteiger partial charge on any atom is 0.265 e. The summed E-state index contributed by atoms with van der Waals surface area (Å²) in [5.74, 6) is 2.85. The summed E-state index contributed by atoms with van der Waals surface area (Å²) in [6.45, 7) is 1.00. The van der Waals surface area contributed by atoms with E-state index in [4.69, 9.17) is 21.1 Å². The van der Waals surface area contributed by atoms with Gasteiger partial charge in [0.2, 0.25) is 0 Å². The lowest BCUT2D eigenvalue weighted by atomic mass is 10.2. The number of benzene rings is 1. The van der Waals surface area contributed by atoms with Crippen LogP contribution in [0.5, 0.6) is 5.75 Å². The number of ether oxygens (including phenoxy) is 2. The highest BCUT2D eigenvalue weighted by atomic mass is 35.5. The Morgan fingerprint density at radius 2 is 2.29 bits per heavy atom. The van der Waals surface area contributed by atoms with Gasteiger partial charge in [0, 0.05) is 34.6 Å². The van der Waals surface area contributed by atoms with Crippen LogP contribution in [0, 0.1) is 5.82 Å². The molecule has 0 radical (unpaired) electrons. The van der Waals surface area contributed by atoms with E-state index in [1.165, 1.54) is 41.5 Å². The van der Waals surface area contributed by atoms with Gasteiger partial charge in [-0.3, -0.25) is 9.52 Å². The third kappa shape index (κ3) is 4.73. The molecule has 3 heterocycles. The minimum Gasteiger partial charge on any atom is -0.486 e. The zero-order valence-electron chi connectivity index (χ0n) is 16.4. The van der Waals surface area contributed by atoms with Gasteiger partial charge in [0.05, 0.1) is 29.5 Å². The second kappa shape index (κ2) is 8.33. The molecule has 2 N–H and O–H groups in total. The number of aromatic nitrogens is 3. The van der Waals surface area contributed by atoms with Crippen LogP contribution in [0.25, 0.3) is 5.52 Å². The number of anilines is 2. The van der Waals surface area contributed by atoms with E-state index in [1.807, 2.05) is 0 Å². The van der Waals surface area contributed by atoms with Gasteiger partial charge < -0.3 is 14.8 Å². The Kier molecular flexibility index (Phi) is 5.73. The van der Waals surface area contributed by atoms with Crippen molar-refractivity contribution in [3.8, 4) is 5.75 Å². The molecule has 0 spiro atoms. The Balaban J connectivity index is 1.70. The quantitative estimate of drug-likeness (QED) is 0.536. The summed E-state index contributed by atoms with van der Waals surface area (Å²) in [4.78, 5) is 16.6. The first kappa shape index (κ1) is 21.3. The molecule has 4 rings (SSSR count). The average Bonchev–Trinajstić information content (AvgIpc) is 3.31. The lowest BCUT2D eigenvalue weighted by molar-refractivity contribution is 0.0983. The second-order valence-electron chi connectivity index (χ2n) is 7.06. The minimum atomic E-state index is -2.79. The molecule has 1 aliphatic rings. The Hall–Kier alpha value is -2.89. The largest absolute Gasteiger partial charge is 0.486 e. The maximum absolute atomic E-state index is 13.8. The first-order valence-corrected chi connectivity index (χ1v) is 11.7. The summed E-state index contributed by atoms with van der Waals surface area (Å²) < 4.78 is 40.5. The van der Waals surface area contributed by atoms with Crippen molar-refractivity contribution in [2.24, 2.45) is 0 Å². The van der Waals surface area contributed by atoms with Crippen LogP contribution in [0.2, 0.25) is 5.02 Å². The van der Waals surface area contributed by atoms with Crippen LogP contribution >= 0.6 is 11.6 Å². The zero-order chi connectivity index (χ0) is 22.2. The molecule has 2 atom stereocenters. The van der Waals surface area contributed by atoms with Crippen LogP contribution in [0.15, 0.2) is 30.7 Å². The molecule has 0 saturated carbocycles. The van der Waals surface area contributed by atoms with E-state index in [9.17, 15) is 13.4 Å². The molecule has 2 unspecified atom stereocenters.